The molecule has 3 amide bonds. The number of aryl methyl sites for hydroxylation is 1. The van der Waals surface area contributed by atoms with Crippen molar-refractivity contribution < 1.29 is 19.5 Å². The maximum absolute atomic E-state index is 12.2. The third kappa shape index (κ3) is 7.59. The van der Waals surface area contributed by atoms with Crippen molar-refractivity contribution in [2.75, 3.05) is 25.5 Å². The highest BCUT2D eigenvalue weighted by molar-refractivity contribution is 5.96. The van der Waals surface area contributed by atoms with Gasteiger partial charge >= 0.3 is 6.09 Å². The van der Waals surface area contributed by atoms with Gasteiger partial charge in [0.1, 0.15) is 6.04 Å². The maximum Gasteiger partial charge on any atom is 0.405 e. The molecular formula is C16H24N4O4. The summed E-state index contributed by atoms with van der Waals surface area (Å²) in [6.45, 7) is 2.52. The Kier molecular flexibility index (Phi) is 8.28. The van der Waals surface area contributed by atoms with Gasteiger partial charge in [-0.05, 0) is 38.9 Å². The van der Waals surface area contributed by atoms with E-state index in [4.69, 9.17) is 5.11 Å². The summed E-state index contributed by atoms with van der Waals surface area (Å²) in [5.41, 5.74) is 1.66. The lowest BCUT2D eigenvalue weighted by Gasteiger charge is -2.17. The Labute approximate surface area is 141 Å². The second kappa shape index (κ2) is 10.2. The molecule has 0 radical (unpaired) electrons. The molecule has 0 saturated heterocycles. The lowest BCUT2D eigenvalue weighted by molar-refractivity contribution is -0.120. The fourth-order valence-electron chi connectivity index (χ4n) is 2.04. The molecule has 0 fully saturated rings. The lowest BCUT2D eigenvalue weighted by atomic mass is 10.1. The average molecular weight is 336 g/mol. The van der Waals surface area contributed by atoms with Crippen LogP contribution in [0.2, 0.25) is 0 Å². The average Bonchev–Trinajstić information content (AvgIpc) is 2.52. The van der Waals surface area contributed by atoms with E-state index in [1.807, 2.05) is 19.1 Å². The van der Waals surface area contributed by atoms with Crippen molar-refractivity contribution in [3.63, 3.8) is 0 Å². The van der Waals surface area contributed by atoms with Gasteiger partial charge in [0.15, 0.2) is 0 Å². The highest BCUT2D eigenvalue weighted by atomic mass is 16.4. The normalized spacial score (nSPS) is 11.4. The van der Waals surface area contributed by atoms with E-state index in [1.165, 1.54) is 0 Å². The molecule has 8 nitrogen and oxygen atoms in total. The predicted octanol–water partition coefficient (Wildman–Crippen LogP) is 0.686. The van der Waals surface area contributed by atoms with Gasteiger partial charge in [-0.2, -0.15) is 0 Å². The van der Waals surface area contributed by atoms with Crippen LogP contribution in [0, 0.1) is 6.92 Å². The minimum Gasteiger partial charge on any atom is -0.465 e. The first-order valence-corrected chi connectivity index (χ1v) is 7.70. The summed E-state index contributed by atoms with van der Waals surface area (Å²) >= 11 is 0. The molecule has 0 aliphatic heterocycles. The minimum absolute atomic E-state index is 0.149. The summed E-state index contributed by atoms with van der Waals surface area (Å²) in [7, 11) is 1.67. The Bertz CT molecular complexity index is 560. The SMILES string of the molecule is CNCC(=O)NCCC[C@H](NC(=O)O)C(=O)Nc1ccc(C)cc1. The van der Waals surface area contributed by atoms with Crippen LogP contribution in [0.4, 0.5) is 10.5 Å². The van der Waals surface area contributed by atoms with Crippen molar-refractivity contribution in [3.05, 3.63) is 29.8 Å². The van der Waals surface area contributed by atoms with Crippen LogP contribution in [-0.4, -0.2) is 49.2 Å². The molecule has 0 saturated carbocycles. The monoisotopic (exact) mass is 336 g/mol. The Morgan fingerprint density at radius 3 is 2.42 bits per heavy atom. The third-order valence-electron chi connectivity index (χ3n) is 3.26. The Hall–Kier alpha value is -2.61. The molecule has 1 atom stereocenters. The van der Waals surface area contributed by atoms with Crippen LogP contribution in [0.1, 0.15) is 18.4 Å². The molecule has 132 valence electrons. The van der Waals surface area contributed by atoms with Crippen LogP contribution in [0.3, 0.4) is 0 Å². The number of rotatable bonds is 9. The molecule has 0 aliphatic rings. The quantitative estimate of drug-likeness (QED) is 0.425. The molecule has 5 N–H and O–H groups in total. The number of hydrogen-bond acceptors (Lipinski definition) is 4. The fourth-order valence-corrected chi connectivity index (χ4v) is 2.04. The van der Waals surface area contributed by atoms with Crippen LogP contribution < -0.4 is 21.3 Å². The van der Waals surface area contributed by atoms with Crippen molar-refractivity contribution in [1.29, 1.82) is 0 Å². The second-order valence-corrected chi connectivity index (χ2v) is 5.38. The zero-order valence-corrected chi connectivity index (χ0v) is 13.9. The van der Waals surface area contributed by atoms with Gasteiger partial charge in [0.25, 0.3) is 0 Å². The topological polar surface area (TPSA) is 120 Å². The number of carbonyl (C=O) groups is 3. The number of hydrogen-bond donors (Lipinski definition) is 5. The summed E-state index contributed by atoms with van der Waals surface area (Å²) in [6.07, 6.45) is -0.510. The first kappa shape index (κ1) is 19.4. The molecule has 0 aromatic heterocycles. The number of nitrogens with one attached hydrogen (secondary N) is 4. The van der Waals surface area contributed by atoms with E-state index >= 15 is 0 Å². The van der Waals surface area contributed by atoms with E-state index in [-0.39, 0.29) is 18.9 Å². The molecule has 0 bridgehead atoms. The molecule has 1 aromatic carbocycles. The van der Waals surface area contributed by atoms with Crippen molar-refractivity contribution in [2.45, 2.75) is 25.8 Å². The van der Waals surface area contributed by atoms with Crippen molar-refractivity contribution in [2.24, 2.45) is 0 Å². The van der Waals surface area contributed by atoms with Gasteiger partial charge in [-0.1, -0.05) is 17.7 Å². The number of carbonyl (C=O) groups excluding carboxylic acids is 2. The van der Waals surface area contributed by atoms with E-state index in [9.17, 15) is 14.4 Å². The zero-order valence-electron chi connectivity index (χ0n) is 13.9. The van der Waals surface area contributed by atoms with Gasteiger partial charge in [0, 0.05) is 12.2 Å². The van der Waals surface area contributed by atoms with Gasteiger partial charge < -0.3 is 26.4 Å². The molecule has 0 aliphatic carbocycles. The zero-order chi connectivity index (χ0) is 17.9. The van der Waals surface area contributed by atoms with Gasteiger partial charge in [0.2, 0.25) is 11.8 Å². The van der Waals surface area contributed by atoms with Crippen LogP contribution in [0.5, 0.6) is 0 Å². The second-order valence-electron chi connectivity index (χ2n) is 5.38. The number of likely N-dealkylation sites (N-methyl/N-ethyl adjacent to an activating group) is 1. The van der Waals surface area contributed by atoms with Crippen LogP contribution in [0.25, 0.3) is 0 Å². The number of amides is 3. The summed E-state index contributed by atoms with van der Waals surface area (Å²) in [4.78, 5) is 34.4. The van der Waals surface area contributed by atoms with Crippen molar-refractivity contribution in [1.82, 2.24) is 16.0 Å². The highest BCUT2D eigenvalue weighted by Gasteiger charge is 2.20. The summed E-state index contributed by atoms with van der Waals surface area (Å²) in [6, 6.07) is 6.33. The molecule has 0 unspecified atom stereocenters. The van der Waals surface area contributed by atoms with Crippen LogP contribution in [-0.2, 0) is 9.59 Å². The number of benzene rings is 1. The van der Waals surface area contributed by atoms with Crippen molar-refractivity contribution >= 4 is 23.6 Å². The van der Waals surface area contributed by atoms with E-state index in [0.717, 1.165) is 5.56 Å². The molecule has 1 aromatic rings. The summed E-state index contributed by atoms with van der Waals surface area (Å²) in [5.74, 6) is -0.577. The largest absolute Gasteiger partial charge is 0.465 e. The van der Waals surface area contributed by atoms with E-state index in [2.05, 4.69) is 21.3 Å². The lowest BCUT2D eigenvalue weighted by Crippen LogP contribution is -2.43. The standard InChI is InChI=1S/C16H24N4O4/c1-11-5-7-12(8-6-11)19-15(22)13(20-16(23)24)4-3-9-18-14(21)10-17-2/h5-8,13,17,20H,3-4,9-10H2,1-2H3,(H,18,21)(H,19,22)(H,23,24)/t13-/m0/s1. The Morgan fingerprint density at radius 1 is 1.17 bits per heavy atom. The Balaban J connectivity index is 2.51. The highest BCUT2D eigenvalue weighted by Crippen LogP contribution is 2.10. The molecule has 0 spiro atoms. The first-order valence-electron chi connectivity index (χ1n) is 7.70. The van der Waals surface area contributed by atoms with Gasteiger partial charge in [-0.25, -0.2) is 4.79 Å². The summed E-state index contributed by atoms with van der Waals surface area (Å²) in [5, 5.41) is 19.2. The first-order chi connectivity index (χ1) is 11.4. The fraction of sp³-hybridized carbons (Fsp3) is 0.438. The van der Waals surface area contributed by atoms with Gasteiger partial charge in [-0.15, -0.1) is 0 Å². The third-order valence-corrected chi connectivity index (χ3v) is 3.26. The van der Waals surface area contributed by atoms with Crippen LogP contribution >= 0.6 is 0 Å². The maximum atomic E-state index is 12.2. The predicted molar refractivity (Wildman–Crippen MR) is 90.9 cm³/mol. The molecule has 24 heavy (non-hydrogen) atoms. The number of anilines is 1. The number of carboxylic acid groups (broad SMARTS) is 1. The van der Waals surface area contributed by atoms with E-state index in [0.29, 0.717) is 18.7 Å². The van der Waals surface area contributed by atoms with E-state index in [1.54, 1.807) is 19.2 Å². The van der Waals surface area contributed by atoms with Gasteiger partial charge in [0.05, 0.1) is 6.54 Å². The van der Waals surface area contributed by atoms with E-state index < -0.39 is 18.0 Å². The summed E-state index contributed by atoms with van der Waals surface area (Å²) < 4.78 is 0. The smallest absolute Gasteiger partial charge is 0.405 e. The minimum atomic E-state index is -1.27. The molecule has 8 heteroatoms. The van der Waals surface area contributed by atoms with Crippen molar-refractivity contribution in [3.8, 4) is 0 Å². The molecule has 1 rings (SSSR count). The van der Waals surface area contributed by atoms with Crippen LogP contribution in [0.15, 0.2) is 24.3 Å². The Morgan fingerprint density at radius 2 is 1.83 bits per heavy atom. The molecular weight excluding hydrogens is 312 g/mol. The molecule has 0 heterocycles. The van der Waals surface area contributed by atoms with Gasteiger partial charge in [-0.3, -0.25) is 9.59 Å².